The van der Waals surface area contributed by atoms with E-state index in [1.54, 1.807) is 7.11 Å². The van der Waals surface area contributed by atoms with Gasteiger partial charge >= 0.3 is 0 Å². The first-order valence-corrected chi connectivity index (χ1v) is 8.29. The number of nitrogens with one attached hydrogen (secondary N) is 1. The molecule has 4 nitrogen and oxygen atoms in total. The lowest BCUT2D eigenvalue weighted by Crippen LogP contribution is -2.27. The fraction of sp³-hybridized carbons (Fsp3) is 0.571. The third kappa shape index (κ3) is 7.97. The molecule has 0 heterocycles. The Morgan fingerprint density at radius 3 is 2.53 bits per heavy atom. The number of sulfonamides is 1. The standard InChI is InChI=1S/C14H23NO3S/c1-18-12-6-5-11-15-19(16,17)13-7-10-14-8-3-2-4-9-14/h2-4,8-9,15H,5-7,10-13H2,1H3. The number of unbranched alkanes of at least 4 members (excludes halogenated alkanes) is 1. The van der Waals surface area contributed by atoms with Crippen LogP contribution < -0.4 is 4.72 Å². The maximum atomic E-state index is 11.7. The molecular weight excluding hydrogens is 262 g/mol. The van der Waals surface area contributed by atoms with Gasteiger partial charge in [0.15, 0.2) is 0 Å². The van der Waals surface area contributed by atoms with Gasteiger partial charge in [-0.15, -0.1) is 0 Å². The summed E-state index contributed by atoms with van der Waals surface area (Å²) in [5, 5.41) is 0. The first kappa shape index (κ1) is 16.1. The van der Waals surface area contributed by atoms with Crippen LogP contribution in [-0.4, -0.2) is 34.4 Å². The molecule has 0 bridgehead atoms. The quantitative estimate of drug-likeness (QED) is 0.669. The number of hydrogen-bond donors (Lipinski definition) is 1. The van der Waals surface area contributed by atoms with Gasteiger partial charge in [-0.1, -0.05) is 30.3 Å². The van der Waals surface area contributed by atoms with Crippen LogP contribution in [0.15, 0.2) is 30.3 Å². The Balaban J connectivity index is 2.16. The minimum atomic E-state index is -3.13. The molecule has 1 rings (SSSR count). The Labute approximate surface area is 116 Å². The second-order valence-electron chi connectivity index (χ2n) is 4.50. The summed E-state index contributed by atoms with van der Waals surface area (Å²) in [5.41, 5.74) is 1.18. The van der Waals surface area contributed by atoms with Gasteiger partial charge in [0.2, 0.25) is 10.0 Å². The van der Waals surface area contributed by atoms with Crippen molar-refractivity contribution in [2.24, 2.45) is 0 Å². The average Bonchev–Trinajstić information content (AvgIpc) is 2.39. The van der Waals surface area contributed by atoms with E-state index in [0.717, 1.165) is 19.3 Å². The lowest BCUT2D eigenvalue weighted by molar-refractivity contribution is 0.193. The zero-order chi connectivity index (χ0) is 14.0. The molecule has 0 radical (unpaired) electrons. The van der Waals surface area contributed by atoms with Crippen LogP contribution >= 0.6 is 0 Å². The van der Waals surface area contributed by atoms with Crippen molar-refractivity contribution in [1.82, 2.24) is 4.72 Å². The highest BCUT2D eigenvalue weighted by Crippen LogP contribution is 2.03. The summed E-state index contributed by atoms with van der Waals surface area (Å²) in [4.78, 5) is 0. The van der Waals surface area contributed by atoms with Gasteiger partial charge in [-0.3, -0.25) is 0 Å². The molecule has 0 aliphatic carbocycles. The number of hydrogen-bond acceptors (Lipinski definition) is 3. The molecule has 5 heteroatoms. The maximum Gasteiger partial charge on any atom is 0.211 e. The highest BCUT2D eigenvalue weighted by Gasteiger charge is 2.08. The third-order valence-electron chi connectivity index (χ3n) is 2.82. The summed E-state index contributed by atoms with van der Waals surface area (Å²) >= 11 is 0. The number of rotatable bonds is 10. The minimum Gasteiger partial charge on any atom is -0.385 e. The average molecular weight is 285 g/mol. The molecule has 0 amide bonds. The van der Waals surface area contributed by atoms with Crippen molar-refractivity contribution in [2.45, 2.75) is 25.7 Å². The van der Waals surface area contributed by atoms with Crippen molar-refractivity contribution in [3.63, 3.8) is 0 Å². The van der Waals surface area contributed by atoms with Crippen molar-refractivity contribution in [3.8, 4) is 0 Å². The number of methoxy groups -OCH3 is 1. The van der Waals surface area contributed by atoms with E-state index in [-0.39, 0.29) is 5.75 Å². The molecule has 0 aliphatic rings. The predicted octanol–water partition coefficient (Wildman–Crippen LogP) is 1.97. The Hall–Kier alpha value is -0.910. The lowest BCUT2D eigenvalue weighted by atomic mass is 10.1. The Bertz CT molecular complexity index is 431. The van der Waals surface area contributed by atoms with E-state index in [1.807, 2.05) is 30.3 Å². The van der Waals surface area contributed by atoms with Crippen LogP contribution in [0, 0.1) is 0 Å². The Morgan fingerprint density at radius 2 is 1.84 bits per heavy atom. The van der Waals surface area contributed by atoms with Gasteiger partial charge in [-0.05, 0) is 31.2 Å². The molecular formula is C14H23NO3S. The maximum absolute atomic E-state index is 11.7. The SMILES string of the molecule is COCCCCNS(=O)(=O)CCCc1ccccc1. The van der Waals surface area contributed by atoms with E-state index < -0.39 is 10.0 Å². The van der Waals surface area contributed by atoms with Crippen molar-refractivity contribution in [2.75, 3.05) is 26.0 Å². The van der Waals surface area contributed by atoms with Gasteiger partial charge in [0.1, 0.15) is 0 Å². The summed E-state index contributed by atoms with van der Waals surface area (Å²) in [7, 11) is -1.48. The van der Waals surface area contributed by atoms with E-state index in [9.17, 15) is 8.42 Å². The Morgan fingerprint density at radius 1 is 1.11 bits per heavy atom. The first-order valence-electron chi connectivity index (χ1n) is 6.64. The summed E-state index contributed by atoms with van der Waals surface area (Å²) in [5.74, 6) is 0.187. The van der Waals surface area contributed by atoms with Crippen molar-refractivity contribution < 1.29 is 13.2 Å². The Kier molecular flexibility index (Phi) is 7.70. The van der Waals surface area contributed by atoms with Gasteiger partial charge in [-0.25, -0.2) is 13.1 Å². The highest BCUT2D eigenvalue weighted by atomic mass is 32.2. The van der Waals surface area contributed by atoms with Crippen LogP contribution in [0.4, 0.5) is 0 Å². The molecule has 0 fully saturated rings. The smallest absolute Gasteiger partial charge is 0.211 e. The van der Waals surface area contributed by atoms with Gasteiger partial charge in [-0.2, -0.15) is 0 Å². The summed E-state index contributed by atoms with van der Waals surface area (Å²) in [6.45, 7) is 1.17. The largest absolute Gasteiger partial charge is 0.385 e. The second kappa shape index (κ2) is 9.07. The van der Waals surface area contributed by atoms with E-state index in [0.29, 0.717) is 19.6 Å². The van der Waals surface area contributed by atoms with Crippen LogP contribution in [0.25, 0.3) is 0 Å². The van der Waals surface area contributed by atoms with Gasteiger partial charge in [0.05, 0.1) is 5.75 Å². The fourth-order valence-electron chi connectivity index (χ4n) is 1.78. The van der Waals surface area contributed by atoms with Crippen LogP contribution in [0.5, 0.6) is 0 Å². The van der Waals surface area contributed by atoms with Crippen molar-refractivity contribution >= 4 is 10.0 Å². The van der Waals surface area contributed by atoms with E-state index in [1.165, 1.54) is 5.56 Å². The van der Waals surface area contributed by atoms with Gasteiger partial charge < -0.3 is 4.74 Å². The summed E-state index contributed by atoms with van der Waals surface area (Å²) in [6.07, 6.45) is 3.14. The molecule has 0 atom stereocenters. The molecule has 0 saturated heterocycles. The minimum absolute atomic E-state index is 0.187. The lowest BCUT2D eigenvalue weighted by Gasteiger charge is -2.06. The fourth-order valence-corrected chi connectivity index (χ4v) is 2.91. The molecule has 0 saturated carbocycles. The monoisotopic (exact) mass is 285 g/mol. The molecule has 1 aromatic carbocycles. The van der Waals surface area contributed by atoms with Crippen LogP contribution in [-0.2, 0) is 21.2 Å². The van der Waals surface area contributed by atoms with Crippen molar-refractivity contribution in [3.05, 3.63) is 35.9 Å². The van der Waals surface area contributed by atoms with E-state index >= 15 is 0 Å². The van der Waals surface area contributed by atoms with Crippen LogP contribution in [0.1, 0.15) is 24.8 Å². The van der Waals surface area contributed by atoms with Crippen LogP contribution in [0.3, 0.4) is 0 Å². The van der Waals surface area contributed by atoms with Gasteiger partial charge in [0, 0.05) is 20.3 Å². The third-order valence-corrected chi connectivity index (χ3v) is 4.29. The number of aryl methyl sites for hydroxylation is 1. The summed E-state index contributed by atoms with van der Waals surface area (Å²) < 4.78 is 31.0. The van der Waals surface area contributed by atoms with Gasteiger partial charge in [0.25, 0.3) is 0 Å². The van der Waals surface area contributed by atoms with Crippen LogP contribution in [0.2, 0.25) is 0 Å². The normalized spacial score (nSPS) is 11.6. The molecule has 1 aromatic rings. The van der Waals surface area contributed by atoms with E-state index in [2.05, 4.69) is 4.72 Å². The number of benzene rings is 1. The molecule has 19 heavy (non-hydrogen) atoms. The zero-order valence-electron chi connectivity index (χ0n) is 11.5. The zero-order valence-corrected chi connectivity index (χ0v) is 12.3. The summed E-state index contributed by atoms with van der Waals surface area (Å²) in [6, 6.07) is 9.94. The second-order valence-corrected chi connectivity index (χ2v) is 6.43. The molecule has 108 valence electrons. The number of ether oxygens (including phenoxy) is 1. The molecule has 0 aromatic heterocycles. The highest BCUT2D eigenvalue weighted by molar-refractivity contribution is 7.89. The first-order chi connectivity index (χ1) is 9.14. The van der Waals surface area contributed by atoms with E-state index in [4.69, 9.17) is 4.74 Å². The molecule has 0 unspecified atom stereocenters. The molecule has 0 spiro atoms. The van der Waals surface area contributed by atoms with Crippen molar-refractivity contribution in [1.29, 1.82) is 0 Å². The topological polar surface area (TPSA) is 55.4 Å². The molecule has 0 aliphatic heterocycles. The molecule has 1 N–H and O–H groups in total. The predicted molar refractivity (Wildman–Crippen MR) is 77.7 cm³/mol.